The molecule has 0 rings (SSSR count). The second-order valence-corrected chi connectivity index (χ2v) is 4.36. The van der Waals surface area contributed by atoms with E-state index in [2.05, 4.69) is 19.2 Å². The van der Waals surface area contributed by atoms with Gasteiger partial charge in [-0.2, -0.15) is 0 Å². The van der Waals surface area contributed by atoms with E-state index in [4.69, 9.17) is 10.8 Å². The van der Waals surface area contributed by atoms with E-state index in [-0.39, 0.29) is 24.5 Å². The Kier molecular flexibility index (Phi) is 7.34. The fraction of sp³-hybridized carbons (Fsp3) is 0.909. The lowest BCUT2D eigenvalue weighted by Gasteiger charge is -2.20. The molecule has 0 saturated heterocycles. The van der Waals surface area contributed by atoms with E-state index >= 15 is 0 Å². The van der Waals surface area contributed by atoms with Crippen LogP contribution in [0.5, 0.6) is 0 Å². The van der Waals surface area contributed by atoms with Crippen LogP contribution in [0, 0.1) is 11.8 Å². The smallest absolute Gasteiger partial charge is 0.224 e. The van der Waals surface area contributed by atoms with E-state index in [1.807, 2.05) is 6.92 Å². The van der Waals surface area contributed by atoms with Gasteiger partial charge in [0.15, 0.2) is 0 Å². The summed E-state index contributed by atoms with van der Waals surface area (Å²) in [6.45, 7) is 6.42. The predicted molar refractivity (Wildman–Crippen MR) is 61.3 cm³/mol. The van der Waals surface area contributed by atoms with E-state index in [0.29, 0.717) is 12.5 Å². The summed E-state index contributed by atoms with van der Waals surface area (Å²) in [5.74, 6) is 0.288. The third-order valence-corrected chi connectivity index (χ3v) is 2.47. The maximum Gasteiger partial charge on any atom is 0.224 e. The second-order valence-electron chi connectivity index (χ2n) is 4.36. The Morgan fingerprint density at radius 3 is 2.40 bits per heavy atom. The van der Waals surface area contributed by atoms with Gasteiger partial charge in [0.2, 0.25) is 5.91 Å². The molecule has 0 aliphatic heterocycles. The highest BCUT2D eigenvalue weighted by Gasteiger charge is 2.20. The van der Waals surface area contributed by atoms with Crippen molar-refractivity contribution in [1.82, 2.24) is 5.32 Å². The Balaban J connectivity index is 4.14. The first-order chi connectivity index (χ1) is 7.04. The zero-order chi connectivity index (χ0) is 11.8. The van der Waals surface area contributed by atoms with E-state index < -0.39 is 0 Å². The first-order valence-corrected chi connectivity index (χ1v) is 5.66. The average Bonchev–Trinajstić information content (AvgIpc) is 2.21. The van der Waals surface area contributed by atoms with Crippen molar-refractivity contribution in [3.63, 3.8) is 0 Å². The molecule has 4 heteroatoms. The largest absolute Gasteiger partial charge is 0.394 e. The molecule has 2 atom stereocenters. The summed E-state index contributed by atoms with van der Waals surface area (Å²) in [4.78, 5) is 11.7. The molecule has 0 aromatic heterocycles. The van der Waals surface area contributed by atoms with Gasteiger partial charge in [0, 0.05) is 6.54 Å². The summed E-state index contributed by atoms with van der Waals surface area (Å²) in [6.07, 6.45) is 1.53. The number of hydrogen-bond acceptors (Lipinski definition) is 3. The molecule has 1 unspecified atom stereocenters. The van der Waals surface area contributed by atoms with Gasteiger partial charge in [0.05, 0.1) is 18.6 Å². The van der Waals surface area contributed by atoms with Crippen LogP contribution >= 0.6 is 0 Å². The number of rotatable bonds is 7. The van der Waals surface area contributed by atoms with Gasteiger partial charge in [-0.05, 0) is 18.8 Å². The Morgan fingerprint density at radius 2 is 2.07 bits per heavy atom. The number of carbonyl (C=O) groups is 1. The van der Waals surface area contributed by atoms with Crippen molar-refractivity contribution in [2.45, 2.75) is 39.7 Å². The standard InChI is InChI=1S/C11H24N2O2/c1-4-10(7-14)13-11(15)9(6-12)5-8(2)3/h8-10,14H,4-7,12H2,1-3H3,(H,13,15)/t9?,10-/m1/s1. The molecular formula is C11H24N2O2. The zero-order valence-corrected chi connectivity index (χ0v) is 9.99. The Bertz CT molecular complexity index is 179. The maximum atomic E-state index is 11.7. The minimum Gasteiger partial charge on any atom is -0.394 e. The van der Waals surface area contributed by atoms with Crippen molar-refractivity contribution in [2.75, 3.05) is 13.2 Å². The highest BCUT2D eigenvalue weighted by Crippen LogP contribution is 2.11. The van der Waals surface area contributed by atoms with Crippen molar-refractivity contribution in [3.05, 3.63) is 0 Å². The molecule has 4 N–H and O–H groups in total. The molecule has 4 nitrogen and oxygen atoms in total. The maximum absolute atomic E-state index is 11.7. The molecule has 0 radical (unpaired) electrons. The summed E-state index contributed by atoms with van der Waals surface area (Å²) < 4.78 is 0. The lowest BCUT2D eigenvalue weighted by atomic mass is 9.96. The van der Waals surface area contributed by atoms with Crippen LogP contribution in [-0.2, 0) is 4.79 Å². The minimum atomic E-state index is -0.140. The van der Waals surface area contributed by atoms with E-state index in [1.54, 1.807) is 0 Å². The van der Waals surface area contributed by atoms with Gasteiger partial charge in [-0.1, -0.05) is 20.8 Å². The molecule has 0 aliphatic carbocycles. The number of amides is 1. The van der Waals surface area contributed by atoms with Crippen molar-refractivity contribution in [1.29, 1.82) is 0 Å². The molecule has 15 heavy (non-hydrogen) atoms. The fourth-order valence-electron chi connectivity index (χ4n) is 1.48. The summed E-state index contributed by atoms with van der Waals surface area (Å²) in [5.41, 5.74) is 5.56. The van der Waals surface area contributed by atoms with Crippen LogP contribution in [0.1, 0.15) is 33.6 Å². The number of aliphatic hydroxyl groups excluding tert-OH is 1. The summed E-state index contributed by atoms with van der Waals surface area (Å²) in [6, 6.07) is -0.140. The van der Waals surface area contributed by atoms with Gasteiger partial charge in [0.25, 0.3) is 0 Å². The average molecular weight is 216 g/mol. The molecule has 1 amide bonds. The summed E-state index contributed by atoms with van der Waals surface area (Å²) >= 11 is 0. The van der Waals surface area contributed by atoms with Crippen molar-refractivity contribution >= 4 is 5.91 Å². The van der Waals surface area contributed by atoms with Crippen LogP contribution in [0.2, 0.25) is 0 Å². The van der Waals surface area contributed by atoms with Crippen molar-refractivity contribution in [2.24, 2.45) is 17.6 Å². The summed E-state index contributed by atoms with van der Waals surface area (Å²) in [5, 5.41) is 11.8. The van der Waals surface area contributed by atoms with Crippen LogP contribution in [0.15, 0.2) is 0 Å². The Morgan fingerprint density at radius 1 is 1.47 bits per heavy atom. The van der Waals surface area contributed by atoms with Gasteiger partial charge in [0.1, 0.15) is 0 Å². The van der Waals surface area contributed by atoms with Crippen molar-refractivity contribution < 1.29 is 9.90 Å². The van der Waals surface area contributed by atoms with E-state index in [9.17, 15) is 4.79 Å². The molecule has 0 fully saturated rings. The van der Waals surface area contributed by atoms with E-state index in [1.165, 1.54) is 0 Å². The highest BCUT2D eigenvalue weighted by atomic mass is 16.3. The molecule has 90 valence electrons. The predicted octanol–water partition coefficient (Wildman–Crippen LogP) is 0.494. The monoisotopic (exact) mass is 216 g/mol. The zero-order valence-electron chi connectivity index (χ0n) is 9.99. The third-order valence-electron chi connectivity index (χ3n) is 2.47. The van der Waals surface area contributed by atoms with Crippen LogP contribution in [0.4, 0.5) is 0 Å². The SMILES string of the molecule is CC[C@H](CO)NC(=O)C(CN)CC(C)C. The van der Waals surface area contributed by atoms with Gasteiger partial charge < -0.3 is 16.2 Å². The quantitative estimate of drug-likeness (QED) is 0.580. The van der Waals surface area contributed by atoms with Crippen LogP contribution < -0.4 is 11.1 Å². The molecule has 0 aromatic rings. The number of hydrogen-bond donors (Lipinski definition) is 3. The molecular weight excluding hydrogens is 192 g/mol. The van der Waals surface area contributed by atoms with E-state index in [0.717, 1.165) is 12.8 Å². The number of aliphatic hydroxyl groups is 1. The lowest BCUT2D eigenvalue weighted by Crippen LogP contribution is -2.43. The molecule has 0 spiro atoms. The van der Waals surface area contributed by atoms with Gasteiger partial charge >= 0.3 is 0 Å². The first-order valence-electron chi connectivity index (χ1n) is 5.66. The van der Waals surface area contributed by atoms with Crippen LogP contribution in [0.25, 0.3) is 0 Å². The van der Waals surface area contributed by atoms with Gasteiger partial charge in [-0.25, -0.2) is 0 Å². The fourth-order valence-corrected chi connectivity index (χ4v) is 1.48. The number of carbonyl (C=O) groups excluding carboxylic acids is 1. The normalized spacial score (nSPS) is 15.1. The lowest BCUT2D eigenvalue weighted by molar-refractivity contribution is -0.126. The van der Waals surface area contributed by atoms with Crippen LogP contribution in [-0.4, -0.2) is 30.2 Å². The number of nitrogens with two attached hydrogens (primary N) is 1. The molecule has 0 bridgehead atoms. The summed E-state index contributed by atoms with van der Waals surface area (Å²) in [7, 11) is 0. The van der Waals surface area contributed by atoms with Gasteiger partial charge in [-0.15, -0.1) is 0 Å². The molecule has 0 aliphatic rings. The minimum absolute atomic E-state index is 0.0127. The van der Waals surface area contributed by atoms with Gasteiger partial charge in [-0.3, -0.25) is 4.79 Å². The Labute approximate surface area is 92.2 Å². The Hall–Kier alpha value is -0.610. The molecule has 0 aromatic carbocycles. The molecule has 0 saturated carbocycles. The van der Waals surface area contributed by atoms with Crippen molar-refractivity contribution in [3.8, 4) is 0 Å². The second kappa shape index (κ2) is 7.65. The third kappa shape index (κ3) is 5.74. The highest BCUT2D eigenvalue weighted by molar-refractivity contribution is 5.79. The first kappa shape index (κ1) is 14.4. The topological polar surface area (TPSA) is 75.3 Å². The molecule has 0 heterocycles. The van der Waals surface area contributed by atoms with Crippen LogP contribution in [0.3, 0.4) is 0 Å². The number of nitrogens with one attached hydrogen (secondary N) is 1.